The first-order chi connectivity index (χ1) is 12.3. The van der Waals surface area contributed by atoms with Crippen molar-refractivity contribution in [3.05, 3.63) is 64.9 Å². The van der Waals surface area contributed by atoms with Gasteiger partial charge in [-0.05, 0) is 53.0 Å². The van der Waals surface area contributed by atoms with Gasteiger partial charge in [0.2, 0.25) is 0 Å². The van der Waals surface area contributed by atoms with E-state index in [4.69, 9.17) is 0 Å². The van der Waals surface area contributed by atoms with Gasteiger partial charge in [-0.3, -0.25) is 9.78 Å². The minimum Gasteiger partial charge on any atom is -0.378 e. The van der Waals surface area contributed by atoms with Crippen LogP contribution < -0.4 is 21.5 Å². The summed E-state index contributed by atoms with van der Waals surface area (Å²) in [5, 5.41) is 8.01. The topological polar surface area (TPSA) is 91.0 Å². The second-order valence-electron chi connectivity index (χ2n) is 5.59. The van der Waals surface area contributed by atoms with Crippen molar-refractivity contribution in [2.24, 2.45) is 0 Å². The van der Waals surface area contributed by atoms with Gasteiger partial charge in [0.1, 0.15) is 0 Å². The predicted molar refractivity (Wildman–Crippen MR) is 98.5 cm³/mol. The fourth-order valence-corrected chi connectivity index (χ4v) is 3.23. The van der Waals surface area contributed by atoms with Crippen LogP contribution in [0.5, 0.6) is 0 Å². The highest BCUT2D eigenvalue weighted by Gasteiger charge is 2.16. The molecule has 2 aromatic heterocycles. The predicted octanol–water partition coefficient (Wildman–Crippen LogP) is 2.83. The van der Waals surface area contributed by atoms with E-state index in [1.54, 1.807) is 12.4 Å². The number of hydrogen-bond acceptors (Lipinski definition) is 7. The Balaban J connectivity index is 1.45. The molecule has 0 bridgehead atoms. The molecule has 0 aliphatic carbocycles. The lowest BCUT2D eigenvalue weighted by atomic mass is 10.1. The van der Waals surface area contributed by atoms with E-state index in [0.29, 0.717) is 12.2 Å². The average Bonchev–Trinajstić information content (AvgIpc) is 3.29. The minimum atomic E-state index is -0.225. The molecule has 1 aliphatic heterocycles. The Kier molecular flexibility index (Phi) is 4.28. The van der Waals surface area contributed by atoms with Gasteiger partial charge in [-0.15, -0.1) is 0 Å². The third-order valence-corrected chi connectivity index (χ3v) is 4.51. The molecule has 1 aliphatic rings. The quantitative estimate of drug-likeness (QED) is 0.564. The number of nitrogens with zero attached hydrogens (tertiary/aromatic N) is 2. The van der Waals surface area contributed by atoms with E-state index in [9.17, 15) is 4.79 Å². The zero-order valence-corrected chi connectivity index (χ0v) is 14.1. The maximum Gasteiger partial charge on any atom is 0.277 e. The number of carbonyl (C=O) groups is 1. The first-order valence-corrected chi connectivity index (χ1v) is 8.63. The number of hydrogen-bond donors (Lipinski definition) is 4. The van der Waals surface area contributed by atoms with Crippen molar-refractivity contribution >= 4 is 34.5 Å². The van der Waals surface area contributed by atoms with Crippen molar-refractivity contribution in [3.63, 3.8) is 0 Å². The van der Waals surface area contributed by atoms with Crippen molar-refractivity contribution in [3.8, 4) is 0 Å². The molecule has 0 saturated carbocycles. The van der Waals surface area contributed by atoms with E-state index in [0.717, 1.165) is 34.7 Å². The Morgan fingerprint density at radius 1 is 1.24 bits per heavy atom. The standard InChI is InChI=1S/C17H16N6OS/c24-17(21-13-1-2-14-12(7-13)9-20-22-14)16-15(10-25-23-16)19-8-11-3-5-18-6-4-11/h1-7,10,19-20,22H,8-9H2,(H,21,24). The van der Waals surface area contributed by atoms with Crippen LogP contribution in [-0.2, 0) is 13.1 Å². The summed E-state index contributed by atoms with van der Waals surface area (Å²) in [6.07, 6.45) is 3.49. The normalized spacial score (nSPS) is 12.3. The Hall–Kier alpha value is -2.97. The summed E-state index contributed by atoms with van der Waals surface area (Å²) in [6, 6.07) is 9.62. The van der Waals surface area contributed by atoms with Gasteiger partial charge >= 0.3 is 0 Å². The third kappa shape index (κ3) is 3.44. The van der Waals surface area contributed by atoms with Crippen molar-refractivity contribution in [1.82, 2.24) is 14.8 Å². The van der Waals surface area contributed by atoms with Crippen LogP contribution in [0.15, 0.2) is 48.1 Å². The Bertz CT molecular complexity index is 895. The fraction of sp³-hybridized carbons (Fsp3) is 0.118. The van der Waals surface area contributed by atoms with Crippen LogP contribution in [0.3, 0.4) is 0 Å². The second kappa shape index (κ2) is 6.88. The van der Waals surface area contributed by atoms with Crippen LogP contribution in [0.2, 0.25) is 0 Å². The number of amides is 1. The smallest absolute Gasteiger partial charge is 0.277 e. The highest BCUT2D eigenvalue weighted by Crippen LogP contribution is 2.25. The van der Waals surface area contributed by atoms with E-state index < -0.39 is 0 Å². The molecule has 0 atom stereocenters. The SMILES string of the molecule is O=C(Nc1ccc2c(c1)CNN2)c1nscc1NCc1ccncc1. The molecule has 4 rings (SSSR count). The lowest BCUT2D eigenvalue weighted by molar-refractivity contribution is 0.102. The molecule has 7 nitrogen and oxygen atoms in total. The monoisotopic (exact) mass is 352 g/mol. The number of pyridine rings is 1. The highest BCUT2D eigenvalue weighted by molar-refractivity contribution is 7.04. The molecule has 4 N–H and O–H groups in total. The summed E-state index contributed by atoms with van der Waals surface area (Å²) in [4.78, 5) is 16.6. The van der Waals surface area contributed by atoms with Gasteiger partial charge in [-0.2, -0.15) is 4.37 Å². The van der Waals surface area contributed by atoms with Gasteiger partial charge < -0.3 is 16.1 Å². The number of benzene rings is 1. The molecular weight excluding hydrogens is 336 g/mol. The molecule has 126 valence electrons. The van der Waals surface area contributed by atoms with Crippen molar-refractivity contribution < 1.29 is 4.79 Å². The van der Waals surface area contributed by atoms with E-state index >= 15 is 0 Å². The molecule has 0 spiro atoms. The first-order valence-electron chi connectivity index (χ1n) is 7.80. The number of fused-ring (bicyclic) bond motifs is 1. The lowest BCUT2D eigenvalue weighted by Gasteiger charge is -2.08. The Morgan fingerprint density at radius 3 is 3.00 bits per heavy atom. The number of nitrogens with one attached hydrogen (secondary N) is 4. The summed E-state index contributed by atoms with van der Waals surface area (Å²) >= 11 is 1.25. The first kappa shape index (κ1) is 15.6. The molecule has 3 aromatic rings. The van der Waals surface area contributed by atoms with Gasteiger partial charge in [0, 0.05) is 36.6 Å². The molecule has 0 radical (unpaired) electrons. The zero-order chi connectivity index (χ0) is 17.1. The van der Waals surface area contributed by atoms with Crippen molar-refractivity contribution in [2.75, 3.05) is 16.1 Å². The van der Waals surface area contributed by atoms with Crippen LogP contribution in [0.4, 0.5) is 17.1 Å². The lowest BCUT2D eigenvalue weighted by Crippen LogP contribution is -2.14. The van der Waals surface area contributed by atoms with Gasteiger partial charge in [-0.25, -0.2) is 5.43 Å². The number of hydrazine groups is 1. The summed E-state index contributed by atoms with van der Waals surface area (Å²) in [5.74, 6) is -0.225. The highest BCUT2D eigenvalue weighted by atomic mass is 32.1. The summed E-state index contributed by atoms with van der Waals surface area (Å²) in [5.41, 5.74) is 11.2. The van der Waals surface area contributed by atoms with E-state index in [1.165, 1.54) is 11.5 Å². The summed E-state index contributed by atoms with van der Waals surface area (Å²) in [7, 11) is 0. The van der Waals surface area contributed by atoms with E-state index in [-0.39, 0.29) is 5.91 Å². The molecule has 0 saturated heterocycles. The van der Waals surface area contributed by atoms with Crippen molar-refractivity contribution in [1.29, 1.82) is 0 Å². The van der Waals surface area contributed by atoms with Crippen LogP contribution in [0.1, 0.15) is 21.6 Å². The van der Waals surface area contributed by atoms with E-state index in [2.05, 4.69) is 30.8 Å². The Morgan fingerprint density at radius 2 is 2.12 bits per heavy atom. The van der Waals surface area contributed by atoms with Crippen molar-refractivity contribution in [2.45, 2.75) is 13.1 Å². The minimum absolute atomic E-state index is 0.225. The molecule has 3 heterocycles. The molecule has 0 fully saturated rings. The maximum atomic E-state index is 12.6. The molecule has 25 heavy (non-hydrogen) atoms. The van der Waals surface area contributed by atoms with Gasteiger partial charge in [0.05, 0.1) is 11.4 Å². The largest absolute Gasteiger partial charge is 0.378 e. The van der Waals surface area contributed by atoms with Gasteiger partial charge in [-0.1, -0.05) is 0 Å². The number of anilines is 3. The Labute approximate surface area is 148 Å². The molecule has 1 amide bonds. The third-order valence-electron chi connectivity index (χ3n) is 3.88. The summed E-state index contributed by atoms with van der Waals surface area (Å²) in [6.45, 7) is 1.34. The molecule has 1 aromatic carbocycles. The second-order valence-corrected chi connectivity index (χ2v) is 6.22. The fourth-order valence-electron chi connectivity index (χ4n) is 2.59. The van der Waals surface area contributed by atoms with Crippen LogP contribution >= 0.6 is 11.5 Å². The van der Waals surface area contributed by atoms with Crippen LogP contribution in [-0.4, -0.2) is 15.3 Å². The average molecular weight is 352 g/mol. The number of aromatic nitrogens is 2. The van der Waals surface area contributed by atoms with Crippen LogP contribution in [0.25, 0.3) is 0 Å². The molecule has 8 heteroatoms. The van der Waals surface area contributed by atoms with Gasteiger partial charge in [0.25, 0.3) is 5.91 Å². The van der Waals surface area contributed by atoms with Gasteiger partial charge in [0.15, 0.2) is 5.69 Å². The number of rotatable bonds is 5. The zero-order valence-electron chi connectivity index (χ0n) is 13.2. The molecular formula is C17H16N6OS. The number of carbonyl (C=O) groups excluding carboxylic acids is 1. The molecule has 0 unspecified atom stereocenters. The maximum absolute atomic E-state index is 12.6. The summed E-state index contributed by atoms with van der Waals surface area (Å²) < 4.78 is 4.23. The van der Waals surface area contributed by atoms with Crippen LogP contribution in [0, 0.1) is 0 Å². The van der Waals surface area contributed by atoms with E-state index in [1.807, 2.05) is 35.7 Å².